The molecule has 88 valence electrons. The van der Waals surface area contributed by atoms with Crippen molar-refractivity contribution in [3.63, 3.8) is 0 Å². The molecule has 0 aromatic heterocycles. The maximum absolute atomic E-state index is 9.27. The molecule has 3 nitrogen and oxygen atoms in total. The van der Waals surface area contributed by atoms with Crippen LogP contribution in [-0.4, -0.2) is 29.2 Å². The van der Waals surface area contributed by atoms with Crippen LogP contribution in [0.1, 0.15) is 24.0 Å². The molecule has 2 rings (SSSR count). The Kier molecular flexibility index (Phi) is 3.93. The first-order valence-corrected chi connectivity index (χ1v) is 5.97. The Balaban J connectivity index is 2.08. The number of aliphatic hydroxyl groups excluding tert-OH is 1. The van der Waals surface area contributed by atoms with E-state index in [0.29, 0.717) is 12.6 Å². The topological polar surface area (TPSA) is 49.5 Å². The van der Waals surface area contributed by atoms with E-state index < -0.39 is 0 Å². The largest absolute Gasteiger partial charge is 0.395 e. The van der Waals surface area contributed by atoms with Gasteiger partial charge < -0.3 is 10.8 Å². The number of nitrogens with zero attached hydrogens (tertiary/aromatic N) is 1. The molecule has 1 aliphatic rings. The Hall–Kier alpha value is -0.900. The van der Waals surface area contributed by atoms with Gasteiger partial charge in [-0.15, -0.1) is 0 Å². The summed E-state index contributed by atoms with van der Waals surface area (Å²) in [4.78, 5) is 2.36. The highest BCUT2D eigenvalue weighted by molar-refractivity contribution is 5.26. The van der Waals surface area contributed by atoms with Crippen molar-refractivity contribution < 1.29 is 5.11 Å². The van der Waals surface area contributed by atoms with Crippen LogP contribution in [0.5, 0.6) is 0 Å². The lowest BCUT2D eigenvalue weighted by molar-refractivity contribution is 0.153. The van der Waals surface area contributed by atoms with Crippen LogP contribution < -0.4 is 5.73 Å². The number of likely N-dealkylation sites (tertiary alicyclic amines) is 1. The predicted octanol–water partition coefficient (Wildman–Crippen LogP) is 1.10. The first-order chi connectivity index (χ1) is 7.85. The second-order valence-corrected chi connectivity index (χ2v) is 4.42. The molecule has 0 aliphatic carbocycles. The average molecular weight is 220 g/mol. The summed E-state index contributed by atoms with van der Waals surface area (Å²) in [6.07, 6.45) is 2.30. The Morgan fingerprint density at radius 2 is 2.06 bits per heavy atom. The number of hydrogen-bond donors (Lipinski definition) is 2. The van der Waals surface area contributed by atoms with E-state index in [1.807, 2.05) is 6.07 Å². The molecule has 0 amide bonds. The van der Waals surface area contributed by atoms with Gasteiger partial charge in [0, 0.05) is 19.1 Å². The van der Waals surface area contributed by atoms with E-state index in [0.717, 1.165) is 19.5 Å². The van der Waals surface area contributed by atoms with Gasteiger partial charge in [0.2, 0.25) is 0 Å². The van der Waals surface area contributed by atoms with Gasteiger partial charge >= 0.3 is 0 Å². The lowest BCUT2D eigenvalue weighted by Crippen LogP contribution is -2.32. The highest BCUT2D eigenvalue weighted by Gasteiger charge is 2.23. The van der Waals surface area contributed by atoms with Crippen molar-refractivity contribution in [2.24, 2.45) is 5.73 Å². The molecule has 1 fully saturated rings. The smallest absolute Gasteiger partial charge is 0.0587 e. The molecule has 1 aromatic carbocycles. The van der Waals surface area contributed by atoms with E-state index in [1.54, 1.807) is 0 Å². The van der Waals surface area contributed by atoms with Gasteiger partial charge in [-0.2, -0.15) is 0 Å². The molecule has 3 heteroatoms. The summed E-state index contributed by atoms with van der Waals surface area (Å²) in [7, 11) is 0. The fourth-order valence-corrected chi connectivity index (χ4v) is 2.44. The molecule has 0 spiro atoms. The van der Waals surface area contributed by atoms with Gasteiger partial charge in [0.05, 0.1) is 6.61 Å². The van der Waals surface area contributed by atoms with Crippen molar-refractivity contribution >= 4 is 0 Å². The summed E-state index contributed by atoms with van der Waals surface area (Å²) in [5, 5.41) is 9.27. The molecule has 1 aromatic rings. The van der Waals surface area contributed by atoms with Crippen molar-refractivity contribution in [2.45, 2.75) is 32.0 Å². The lowest BCUT2D eigenvalue weighted by atomic mass is 10.1. The quantitative estimate of drug-likeness (QED) is 0.799. The second-order valence-electron chi connectivity index (χ2n) is 4.42. The van der Waals surface area contributed by atoms with Crippen LogP contribution in [0.3, 0.4) is 0 Å². The molecule has 16 heavy (non-hydrogen) atoms. The van der Waals surface area contributed by atoms with Crippen LogP contribution in [0.2, 0.25) is 0 Å². The molecule has 0 saturated carbocycles. The molecule has 1 aliphatic heterocycles. The summed E-state index contributed by atoms with van der Waals surface area (Å²) in [5.41, 5.74) is 8.23. The van der Waals surface area contributed by atoms with Gasteiger partial charge in [0.1, 0.15) is 0 Å². The number of nitrogens with two attached hydrogens (primary N) is 1. The van der Waals surface area contributed by atoms with E-state index in [4.69, 9.17) is 5.73 Å². The zero-order valence-electron chi connectivity index (χ0n) is 9.60. The highest BCUT2D eigenvalue weighted by atomic mass is 16.3. The number of rotatable bonds is 4. The summed E-state index contributed by atoms with van der Waals surface area (Å²) in [6.45, 7) is 2.86. The third kappa shape index (κ3) is 2.43. The van der Waals surface area contributed by atoms with Gasteiger partial charge in [0.25, 0.3) is 0 Å². The summed E-state index contributed by atoms with van der Waals surface area (Å²) in [6, 6.07) is 8.64. The molecule has 1 saturated heterocycles. The van der Waals surface area contributed by atoms with E-state index >= 15 is 0 Å². The zero-order chi connectivity index (χ0) is 11.4. The van der Waals surface area contributed by atoms with Crippen LogP contribution in [0.25, 0.3) is 0 Å². The molecule has 0 unspecified atom stereocenters. The first kappa shape index (κ1) is 11.6. The fraction of sp³-hybridized carbons (Fsp3) is 0.538. The monoisotopic (exact) mass is 220 g/mol. The van der Waals surface area contributed by atoms with Crippen molar-refractivity contribution in [2.75, 3.05) is 13.2 Å². The van der Waals surface area contributed by atoms with Crippen molar-refractivity contribution in [1.82, 2.24) is 4.90 Å². The van der Waals surface area contributed by atoms with Crippen molar-refractivity contribution in [1.29, 1.82) is 0 Å². The highest BCUT2D eigenvalue weighted by Crippen LogP contribution is 2.21. The molecule has 1 atom stereocenters. The minimum atomic E-state index is 0.269. The molecule has 3 N–H and O–H groups in total. The van der Waals surface area contributed by atoms with Crippen LogP contribution in [0.15, 0.2) is 24.3 Å². The summed E-state index contributed by atoms with van der Waals surface area (Å²) in [5.74, 6) is 0. The minimum Gasteiger partial charge on any atom is -0.395 e. The maximum Gasteiger partial charge on any atom is 0.0587 e. The standard InChI is InChI=1S/C13H20N2O/c14-8-11-4-1-2-5-12(11)9-15-7-3-6-13(15)10-16/h1-2,4-5,13,16H,3,6-10,14H2/t13-/m0/s1. The van der Waals surface area contributed by atoms with E-state index in [1.165, 1.54) is 17.5 Å². The van der Waals surface area contributed by atoms with E-state index in [2.05, 4.69) is 23.1 Å². The Labute approximate surface area is 96.9 Å². The third-order valence-electron chi connectivity index (χ3n) is 3.42. The van der Waals surface area contributed by atoms with Crippen LogP contribution >= 0.6 is 0 Å². The van der Waals surface area contributed by atoms with Gasteiger partial charge in [0.15, 0.2) is 0 Å². The minimum absolute atomic E-state index is 0.269. The third-order valence-corrected chi connectivity index (χ3v) is 3.42. The number of benzene rings is 1. The molecule has 1 heterocycles. The lowest BCUT2D eigenvalue weighted by Gasteiger charge is -2.23. The van der Waals surface area contributed by atoms with Gasteiger partial charge in [-0.3, -0.25) is 4.90 Å². The Bertz CT molecular complexity index is 340. The van der Waals surface area contributed by atoms with Gasteiger partial charge in [-0.25, -0.2) is 0 Å². The fourth-order valence-electron chi connectivity index (χ4n) is 2.44. The number of hydrogen-bond acceptors (Lipinski definition) is 3. The molecule has 0 radical (unpaired) electrons. The Morgan fingerprint density at radius 1 is 1.31 bits per heavy atom. The van der Waals surface area contributed by atoms with Crippen molar-refractivity contribution in [3.05, 3.63) is 35.4 Å². The molecular weight excluding hydrogens is 200 g/mol. The summed E-state index contributed by atoms with van der Waals surface area (Å²) < 4.78 is 0. The van der Waals surface area contributed by atoms with Gasteiger partial charge in [-0.1, -0.05) is 24.3 Å². The molecular formula is C13H20N2O. The number of aliphatic hydroxyl groups is 1. The van der Waals surface area contributed by atoms with Crippen LogP contribution in [0.4, 0.5) is 0 Å². The molecule has 0 bridgehead atoms. The van der Waals surface area contributed by atoms with Crippen LogP contribution in [0, 0.1) is 0 Å². The normalized spacial score (nSPS) is 21.5. The Morgan fingerprint density at radius 3 is 2.75 bits per heavy atom. The van der Waals surface area contributed by atoms with E-state index in [9.17, 15) is 5.11 Å². The second kappa shape index (κ2) is 5.43. The average Bonchev–Trinajstić information content (AvgIpc) is 2.77. The maximum atomic E-state index is 9.27. The summed E-state index contributed by atoms with van der Waals surface area (Å²) >= 11 is 0. The predicted molar refractivity (Wildman–Crippen MR) is 64.9 cm³/mol. The van der Waals surface area contributed by atoms with Crippen LogP contribution in [-0.2, 0) is 13.1 Å². The van der Waals surface area contributed by atoms with Gasteiger partial charge in [-0.05, 0) is 30.5 Å². The first-order valence-electron chi connectivity index (χ1n) is 5.97. The zero-order valence-corrected chi connectivity index (χ0v) is 9.60. The van der Waals surface area contributed by atoms with E-state index in [-0.39, 0.29) is 6.61 Å². The SMILES string of the molecule is NCc1ccccc1CN1CCC[C@H]1CO. The van der Waals surface area contributed by atoms with Crippen molar-refractivity contribution in [3.8, 4) is 0 Å².